The molecule has 0 saturated carbocycles. The normalized spacial score (nSPS) is 17.7. The molecule has 1 aliphatic rings. The highest BCUT2D eigenvalue weighted by molar-refractivity contribution is 7.89. The van der Waals surface area contributed by atoms with Crippen molar-refractivity contribution in [2.75, 3.05) is 37.8 Å². The smallest absolute Gasteiger partial charge is 0.214 e. The van der Waals surface area contributed by atoms with Gasteiger partial charge in [-0.05, 0) is 25.8 Å². The van der Waals surface area contributed by atoms with Crippen molar-refractivity contribution in [1.29, 1.82) is 0 Å². The standard InChI is InChI=1S/C15H23N5O3S/c1-12-10-13-14(15(16)18-12)17-11-19(13)6-8-23-7-2-4-20-5-3-9-24(20,21)22/h10-11H,2-9H2,1H3,(H2,16,18). The van der Waals surface area contributed by atoms with E-state index in [0.717, 1.165) is 17.6 Å². The van der Waals surface area contributed by atoms with Gasteiger partial charge in [-0.15, -0.1) is 0 Å². The van der Waals surface area contributed by atoms with E-state index in [1.54, 1.807) is 10.6 Å². The molecule has 9 heteroatoms. The second-order valence-electron chi connectivity index (χ2n) is 5.99. The summed E-state index contributed by atoms with van der Waals surface area (Å²) >= 11 is 0. The van der Waals surface area contributed by atoms with Crippen LogP contribution in [-0.2, 0) is 21.3 Å². The molecule has 0 atom stereocenters. The largest absolute Gasteiger partial charge is 0.382 e. The topological polar surface area (TPSA) is 103 Å². The summed E-state index contributed by atoms with van der Waals surface area (Å²) in [5, 5.41) is 0. The van der Waals surface area contributed by atoms with E-state index in [9.17, 15) is 8.42 Å². The number of aryl methyl sites for hydroxylation is 1. The second-order valence-corrected chi connectivity index (χ2v) is 8.08. The maximum absolute atomic E-state index is 11.7. The number of nitrogens with zero attached hydrogens (tertiary/aromatic N) is 4. The number of nitrogen functional groups attached to an aromatic ring is 1. The van der Waals surface area contributed by atoms with E-state index >= 15 is 0 Å². The van der Waals surface area contributed by atoms with Gasteiger partial charge in [-0.2, -0.15) is 0 Å². The molecule has 0 bridgehead atoms. The third-order valence-corrected chi connectivity index (χ3v) is 6.10. The predicted molar refractivity (Wildman–Crippen MR) is 92.1 cm³/mol. The van der Waals surface area contributed by atoms with E-state index in [1.165, 1.54) is 0 Å². The van der Waals surface area contributed by atoms with Gasteiger partial charge in [0, 0.05) is 31.9 Å². The monoisotopic (exact) mass is 353 g/mol. The fraction of sp³-hybridized carbons (Fsp3) is 0.600. The number of nitrogens with two attached hydrogens (primary N) is 1. The van der Waals surface area contributed by atoms with E-state index in [4.69, 9.17) is 10.5 Å². The van der Waals surface area contributed by atoms with Crippen molar-refractivity contribution in [3.8, 4) is 0 Å². The minimum absolute atomic E-state index is 0.277. The molecule has 2 aromatic rings. The molecule has 0 unspecified atom stereocenters. The van der Waals surface area contributed by atoms with Gasteiger partial charge in [0.15, 0.2) is 5.82 Å². The Hall–Kier alpha value is -1.71. The Labute approximate surface area is 141 Å². The van der Waals surface area contributed by atoms with Crippen LogP contribution in [0.25, 0.3) is 11.0 Å². The van der Waals surface area contributed by atoms with Crippen LogP contribution in [0, 0.1) is 6.92 Å². The van der Waals surface area contributed by atoms with E-state index in [0.29, 0.717) is 50.6 Å². The Bertz CT molecular complexity index is 818. The molecule has 1 fully saturated rings. The van der Waals surface area contributed by atoms with Crippen LogP contribution in [0.1, 0.15) is 18.5 Å². The quantitative estimate of drug-likeness (QED) is 0.737. The van der Waals surface area contributed by atoms with E-state index in [-0.39, 0.29) is 5.75 Å². The van der Waals surface area contributed by atoms with Crippen LogP contribution in [0.15, 0.2) is 12.4 Å². The fourth-order valence-electron chi connectivity index (χ4n) is 2.94. The zero-order chi connectivity index (χ0) is 17.2. The summed E-state index contributed by atoms with van der Waals surface area (Å²) in [5.41, 5.74) is 8.39. The molecule has 24 heavy (non-hydrogen) atoms. The van der Waals surface area contributed by atoms with E-state index in [1.807, 2.05) is 17.6 Å². The number of anilines is 1. The number of aromatic nitrogens is 3. The van der Waals surface area contributed by atoms with Gasteiger partial charge in [0.25, 0.3) is 0 Å². The number of sulfonamides is 1. The second kappa shape index (κ2) is 7.04. The predicted octanol–water partition coefficient (Wildman–Crippen LogP) is 0.764. The van der Waals surface area contributed by atoms with Crippen molar-refractivity contribution in [2.24, 2.45) is 0 Å². The van der Waals surface area contributed by atoms with Gasteiger partial charge in [-0.25, -0.2) is 22.7 Å². The van der Waals surface area contributed by atoms with Crippen molar-refractivity contribution >= 4 is 26.9 Å². The third-order valence-electron chi connectivity index (χ3n) is 4.14. The maximum Gasteiger partial charge on any atom is 0.214 e. The highest BCUT2D eigenvalue weighted by atomic mass is 32.2. The van der Waals surface area contributed by atoms with Gasteiger partial charge >= 0.3 is 0 Å². The van der Waals surface area contributed by atoms with E-state index < -0.39 is 10.0 Å². The molecule has 1 saturated heterocycles. The van der Waals surface area contributed by atoms with Crippen molar-refractivity contribution in [3.63, 3.8) is 0 Å². The molecular formula is C15H23N5O3S. The van der Waals surface area contributed by atoms with Crippen LogP contribution < -0.4 is 5.73 Å². The van der Waals surface area contributed by atoms with Gasteiger partial charge in [-0.3, -0.25) is 0 Å². The summed E-state index contributed by atoms with van der Waals surface area (Å²) in [6.45, 7) is 4.83. The van der Waals surface area contributed by atoms with Crippen molar-refractivity contribution in [3.05, 3.63) is 18.1 Å². The van der Waals surface area contributed by atoms with Gasteiger partial charge < -0.3 is 15.0 Å². The molecule has 3 heterocycles. The summed E-state index contributed by atoms with van der Waals surface area (Å²) in [7, 11) is -3.00. The van der Waals surface area contributed by atoms with Gasteiger partial charge in [0.05, 0.1) is 24.2 Å². The van der Waals surface area contributed by atoms with Crippen LogP contribution in [0.3, 0.4) is 0 Å². The molecule has 0 aliphatic carbocycles. The van der Waals surface area contributed by atoms with Crippen LogP contribution in [0.2, 0.25) is 0 Å². The number of hydrogen-bond acceptors (Lipinski definition) is 6. The highest BCUT2D eigenvalue weighted by Gasteiger charge is 2.27. The van der Waals surface area contributed by atoms with Crippen molar-refractivity contribution in [1.82, 2.24) is 18.8 Å². The molecule has 8 nitrogen and oxygen atoms in total. The summed E-state index contributed by atoms with van der Waals surface area (Å²) < 4.78 is 32.5. The molecule has 0 spiro atoms. The van der Waals surface area contributed by atoms with Crippen LogP contribution in [0.4, 0.5) is 5.82 Å². The third kappa shape index (κ3) is 3.68. The highest BCUT2D eigenvalue weighted by Crippen LogP contribution is 2.18. The summed E-state index contributed by atoms with van der Waals surface area (Å²) in [6.07, 6.45) is 3.18. The van der Waals surface area contributed by atoms with Gasteiger partial charge in [0.2, 0.25) is 10.0 Å². The lowest BCUT2D eigenvalue weighted by molar-refractivity contribution is 0.121. The minimum Gasteiger partial charge on any atom is -0.382 e. The molecule has 2 aromatic heterocycles. The molecule has 3 rings (SSSR count). The first-order valence-electron chi connectivity index (χ1n) is 8.11. The molecule has 0 amide bonds. The first-order chi connectivity index (χ1) is 11.5. The molecule has 0 aromatic carbocycles. The molecular weight excluding hydrogens is 330 g/mol. The molecule has 2 N–H and O–H groups in total. The Morgan fingerprint density at radius 1 is 1.33 bits per heavy atom. The molecule has 1 aliphatic heterocycles. The average Bonchev–Trinajstić information content (AvgIpc) is 3.06. The first-order valence-corrected chi connectivity index (χ1v) is 9.72. The number of fused-ring (bicyclic) bond motifs is 1. The zero-order valence-electron chi connectivity index (χ0n) is 13.8. The number of hydrogen-bond donors (Lipinski definition) is 1. The lowest BCUT2D eigenvalue weighted by Crippen LogP contribution is -2.27. The van der Waals surface area contributed by atoms with Crippen molar-refractivity contribution < 1.29 is 13.2 Å². The zero-order valence-corrected chi connectivity index (χ0v) is 14.6. The van der Waals surface area contributed by atoms with Crippen molar-refractivity contribution in [2.45, 2.75) is 26.3 Å². The Morgan fingerprint density at radius 2 is 2.17 bits per heavy atom. The number of imidazole rings is 1. The average molecular weight is 353 g/mol. The SMILES string of the molecule is Cc1cc2c(ncn2CCOCCCN2CCCS2(=O)=O)c(N)n1. The molecule has 132 valence electrons. The Balaban J connectivity index is 1.44. The number of pyridine rings is 1. The van der Waals surface area contributed by atoms with Crippen LogP contribution >= 0.6 is 0 Å². The summed E-state index contributed by atoms with van der Waals surface area (Å²) in [5.74, 6) is 0.718. The van der Waals surface area contributed by atoms with Crippen LogP contribution in [-0.4, -0.2) is 59.3 Å². The maximum atomic E-state index is 11.7. The lowest BCUT2D eigenvalue weighted by Gasteiger charge is -2.14. The van der Waals surface area contributed by atoms with Gasteiger partial charge in [-0.1, -0.05) is 0 Å². The van der Waals surface area contributed by atoms with Gasteiger partial charge in [0.1, 0.15) is 5.52 Å². The summed E-state index contributed by atoms with van der Waals surface area (Å²) in [4.78, 5) is 8.49. The minimum atomic E-state index is -3.00. The Kier molecular flexibility index (Phi) is 5.02. The molecule has 0 radical (unpaired) electrons. The first kappa shape index (κ1) is 17.1. The van der Waals surface area contributed by atoms with E-state index in [2.05, 4.69) is 9.97 Å². The lowest BCUT2D eigenvalue weighted by atomic mass is 10.3. The number of ether oxygens (including phenoxy) is 1. The van der Waals surface area contributed by atoms with Crippen LogP contribution in [0.5, 0.6) is 0 Å². The Morgan fingerprint density at radius 3 is 2.92 bits per heavy atom. The number of rotatable bonds is 7. The fourth-order valence-corrected chi connectivity index (χ4v) is 4.51. The summed E-state index contributed by atoms with van der Waals surface area (Å²) in [6, 6.07) is 1.96.